The first kappa shape index (κ1) is 24.0. The minimum absolute atomic E-state index is 0.00324. The van der Waals surface area contributed by atoms with E-state index in [-0.39, 0.29) is 29.7 Å². The van der Waals surface area contributed by atoms with Gasteiger partial charge in [-0.25, -0.2) is 9.37 Å². The lowest BCUT2D eigenvalue weighted by molar-refractivity contribution is -0.131. The van der Waals surface area contributed by atoms with Crippen molar-refractivity contribution in [2.75, 3.05) is 77.0 Å². The van der Waals surface area contributed by atoms with Gasteiger partial charge in [-0.2, -0.15) is 0 Å². The first-order valence-electron chi connectivity index (χ1n) is 11.7. The molecule has 10 heteroatoms. The van der Waals surface area contributed by atoms with E-state index in [4.69, 9.17) is 4.74 Å². The third-order valence-electron chi connectivity index (χ3n) is 6.28. The fraction of sp³-hybridized carbons (Fsp3) is 0.500. The molecule has 2 saturated heterocycles. The first-order valence-corrected chi connectivity index (χ1v) is 11.7. The van der Waals surface area contributed by atoms with Crippen molar-refractivity contribution >= 4 is 17.5 Å². The van der Waals surface area contributed by atoms with Gasteiger partial charge < -0.3 is 19.4 Å². The molecule has 1 aromatic carbocycles. The van der Waals surface area contributed by atoms with Crippen LogP contribution in [0.3, 0.4) is 0 Å². The number of anilines is 1. The Bertz CT molecular complexity index is 949. The zero-order valence-corrected chi connectivity index (χ0v) is 19.3. The maximum Gasteiger partial charge on any atom is 0.274 e. The predicted molar refractivity (Wildman–Crippen MR) is 125 cm³/mol. The van der Waals surface area contributed by atoms with Gasteiger partial charge in [0.15, 0.2) is 0 Å². The van der Waals surface area contributed by atoms with Gasteiger partial charge in [-0.05, 0) is 12.1 Å². The fourth-order valence-electron chi connectivity index (χ4n) is 4.27. The van der Waals surface area contributed by atoms with Gasteiger partial charge in [-0.15, -0.1) is 0 Å². The Kier molecular flexibility index (Phi) is 8.37. The summed E-state index contributed by atoms with van der Waals surface area (Å²) in [4.78, 5) is 41.8. The van der Waals surface area contributed by atoms with E-state index in [1.807, 2.05) is 11.0 Å². The topological polar surface area (TPSA) is 82.1 Å². The number of carbonyl (C=O) groups is 2. The largest absolute Gasteiger partial charge is 0.379 e. The second-order valence-electron chi connectivity index (χ2n) is 8.41. The highest BCUT2D eigenvalue weighted by atomic mass is 19.1. The van der Waals surface area contributed by atoms with Gasteiger partial charge in [0, 0.05) is 77.7 Å². The minimum Gasteiger partial charge on any atom is -0.379 e. The van der Waals surface area contributed by atoms with E-state index < -0.39 is 0 Å². The molecule has 182 valence electrons. The fourth-order valence-corrected chi connectivity index (χ4v) is 4.27. The Labute approximate surface area is 199 Å². The quantitative estimate of drug-likeness (QED) is 0.572. The van der Waals surface area contributed by atoms with Crippen molar-refractivity contribution in [1.29, 1.82) is 0 Å². The highest BCUT2D eigenvalue weighted by Crippen LogP contribution is 2.20. The summed E-state index contributed by atoms with van der Waals surface area (Å²) in [6, 6.07) is 6.70. The Morgan fingerprint density at radius 1 is 1.00 bits per heavy atom. The number of para-hydroxylation sites is 1. The lowest BCUT2D eigenvalue weighted by Crippen LogP contribution is -2.50. The van der Waals surface area contributed by atoms with Crippen LogP contribution in [0, 0.1) is 5.82 Å². The average Bonchev–Trinajstić information content (AvgIpc) is 2.90. The molecule has 9 nitrogen and oxygen atoms in total. The molecule has 2 fully saturated rings. The van der Waals surface area contributed by atoms with Gasteiger partial charge in [-0.3, -0.25) is 19.5 Å². The van der Waals surface area contributed by atoms with E-state index in [9.17, 15) is 14.0 Å². The summed E-state index contributed by atoms with van der Waals surface area (Å²) in [5.41, 5.74) is 0.842. The normalized spacial score (nSPS) is 17.0. The molecule has 0 atom stereocenters. The molecule has 0 radical (unpaired) electrons. The van der Waals surface area contributed by atoms with Gasteiger partial charge in [0.05, 0.1) is 25.1 Å². The molecule has 0 spiro atoms. The molecule has 2 aliphatic heterocycles. The van der Waals surface area contributed by atoms with Crippen molar-refractivity contribution in [3.8, 4) is 0 Å². The number of ether oxygens (including phenoxy) is 1. The molecule has 0 unspecified atom stereocenters. The van der Waals surface area contributed by atoms with Crippen LogP contribution < -0.4 is 4.90 Å². The van der Waals surface area contributed by atoms with E-state index in [0.717, 1.165) is 13.1 Å². The molecule has 4 rings (SSSR count). The monoisotopic (exact) mass is 470 g/mol. The van der Waals surface area contributed by atoms with Crippen LogP contribution in [0.1, 0.15) is 16.9 Å². The molecule has 2 aliphatic rings. The third-order valence-corrected chi connectivity index (χ3v) is 6.28. The van der Waals surface area contributed by atoms with Crippen molar-refractivity contribution in [2.45, 2.75) is 6.42 Å². The van der Waals surface area contributed by atoms with Crippen LogP contribution in [0.25, 0.3) is 0 Å². The van der Waals surface area contributed by atoms with Crippen molar-refractivity contribution in [2.24, 2.45) is 0 Å². The Balaban J connectivity index is 1.31. The molecule has 2 aromatic rings. The lowest BCUT2D eigenvalue weighted by Gasteiger charge is -2.36. The molecule has 1 aromatic heterocycles. The number of amides is 2. The summed E-state index contributed by atoms with van der Waals surface area (Å²) in [5, 5.41) is 0. The summed E-state index contributed by atoms with van der Waals surface area (Å²) in [7, 11) is 0. The Hall–Kier alpha value is -3.11. The second-order valence-corrected chi connectivity index (χ2v) is 8.41. The number of rotatable bonds is 8. The van der Waals surface area contributed by atoms with Crippen LogP contribution >= 0.6 is 0 Å². The summed E-state index contributed by atoms with van der Waals surface area (Å²) in [6.07, 6.45) is 4.70. The molecule has 0 saturated carbocycles. The predicted octanol–water partition coefficient (Wildman–Crippen LogP) is 1.13. The van der Waals surface area contributed by atoms with E-state index in [1.54, 1.807) is 21.9 Å². The van der Waals surface area contributed by atoms with Crippen LogP contribution in [0.5, 0.6) is 0 Å². The highest BCUT2D eigenvalue weighted by Gasteiger charge is 2.25. The lowest BCUT2D eigenvalue weighted by atomic mass is 10.2. The summed E-state index contributed by atoms with van der Waals surface area (Å²) >= 11 is 0. The molecule has 2 amide bonds. The maximum absolute atomic E-state index is 14.1. The third kappa shape index (κ3) is 6.27. The van der Waals surface area contributed by atoms with Gasteiger partial charge in [0.1, 0.15) is 11.5 Å². The summed E-state index contributed by atoms with van der Waals surface area (Å²) in [5.74, 6) is -0.476. The van der Waals surface area contributed by atoms with E-state index in [0.29, 0.717) is 64.7 Å². The Morgan fingerprint density at radius 2 is 1.76 bits per heavy atom. The van der Waals surface area contributed by atoms with Crippen molar-refractivity contribution in [3.63, 3.8) is 0 Å². The second kappa shape index (κ2) is 11.8. The number of hydrogen-bond donors (Lipinski definition) is 0. The van der Waals surface area contributed by atoms with Crippen LogP contribution in [0.2, 0.25) is 0 Å². The van der Waals surface area contributed by atoms with Gasteiger partial charge >= 0.3 is 0 Å². The highest BCUT2D eigenvalue weighted by molar-refractivity contribution is 5.92. The number of halogens is 1. The molecule has 0 N–H and O–H groups in total. The molecule has 0 aliphatic carbocycles. The average molecular weight is 471 g/mol. The molecule has 0 bridgehead atoms. The van der Waals surface area contributed by atoms with Crippen LogP contribution in [-0.2, 0) is 9.53 Å². The number of piperazine rings is 1. The molecular weight excluding hydrogens is 439 g/mol. The maximum atomic E-state index is 14.1. The zero-order valence-electron chi connectivity index (χ0n) is 19.3. The van der Waals surface area contributed by atoms with Crippen molar-refractivity contribution < 1.29 is 18.7 Å². The molecule has 34 heavy (non-hydrogen) atoms. The summed E-state index contributed by atoms with van der Waals surface area (Å²) < 4.78 is 19.5. The minimum atomic E-state index is -0.249. The summed E-state index contributed by atoms with van der Waals surface area (Å²) in [6.45, 7) is 6.78. The number of hydrogen-bond acceptors (Lipinski definition) is 7. The standard InChI is InChI=1S/C24H31FN6O3/c25-20-3-1-2-4-22(20)29-11-13-30(14-12-29)23(32)5-8-31(10-9-28-15-17-34-18-16-28)24(33)21-19-26-6-7-27-21/h1-4,6-7,19H,5,8-18H2. The smallest absolute Gasteiger partial charge is 0.274 e. The Morgan fingerprint density at radius 3 is 2.47 bits per heavy atom. The van der Waals surface area contributed by atoms with E-state index in [2.05, 4.69) is 14.9 Å². The number of benzene rings is 1. The number of morpholine rings is 1. The van der Waals surface area contributed by atoms with Gasteiger partial charge in [-0.1, -0.05) is 12.1 Å². The zero-order chi connectivity index (χ0) is 23.8. The van der Waals surface area contributed by atoms with Crippen LogP contribution in [0.15, 0.2) is 42.9 Å². The van der Waals surface area contributed by atoms with E-state index in [1.165, 1.54) is 24.7 Å². The number of carbonyl (C=O) groups excluding carboxylic acids is 2. The van der Waals surface area contributed by atoms with Crippen molar-refractivity contribution in [1.82, 2.24) is 24.7 Å². The van der Waals surface area contributed by atoms with Crippen LogP contribution in [-0.4, -0.2) is 109 Å². The van der Waals surface area contributed by atoms with Crippen molar-refractivity contribution in [3.05, 3.63) is 54.4 Å². The first-order chi connectivity index (χ1) is 16.6. The van der Waals surface area contributed by atoms with Gasteiger partial charge in [0.2, 0.25) is 5.91 Å². The van der Waals surface area contributed by atoms with Gasteiger partial charge in [0.25, 0.3) is 5.91 Å². The molecule has 3 heterocycles. The van der Waals surface area contributed by atoms with Crippen LogP contribution in [0.4, 0.5) is 10.1 Å². The number of aromatic nitrogens is 2. The molecular formula is C24H31FN6O3. The number of nitrogens with zero attached hydrogens (tertiary/aromatic N) is 6. The SMILES string of the molecule is O=C(CCN(CCN1CCOCC1)C(=O)c1cnccn1)N1CCN(c2ccccc2F)CC1. The van der Waals surface area contributed by atoms with E-state index >= 15 is 0 Å².